The fourth-order valence-electron chi connectivity index (χ4n) is 1.91. The number of hydrogen-bond acceptors (Lipinski definition) is 2. The van der Waals surface area contributed by atoms with Crippen LogP contribution in [0.4, 0.5) is 0 Å². The Bertz CT molecular complexity index is 487. The summed E-state index contributed by atoms with van der Waals surface area (Å²) in [6.07, 6.45) is 0. The molecule has 0 spiro atoms. The van der Waals surface area contributed by atoms with Gasteiger partial charge in [0, 0.05) is 12.6 Å². The zero-order valence-electron chi connectivity index (χ0n) is 11.3. The van der Waals surface area contributed by atoms with Crippen LogP contribution in [0.25, 0.3) is 0 Å². The number of halogens is 1. The van der Waals surface area contributed by atoms with Crippen LogP contribution in [-0.2, 0) is 6.54 Å². The first-order chi connectivity index (χ1) is 8.79. The summed E-state index contributed by atoms with van der Waals surface area (Å²) in [4.78, 5) is 0. The smallest absolute Gasteiger partial charge is 0.119 e. The Morgan fingerprint density at radius 1 is 1.05 bits per heavy atom. The van der Waals surface area contributed by atoms with Gasteiger partial charge in [0.25, 0.3) is 0 Å². The lowest BCUT2D eigenvalue weighted by atomic mass is 10.1. The number of nitrogens with one attached hydrogen (secondary N) is 1. The lowest BCUT2D eigenvalue weighted by molar-refractivity contribution is 0.414. The molecule has 19 heavy (non-hydrogen) atoms. The van der Waals surface area contributed by atoms with Gasteiger partial charge in [0.05, 0.1) is 7.11 Å². The molecule has 0 radical (unpaired) electrons. The van der Waals surface area contributed by atoms with E-state index in [9.17, 15) is 0 Å². The number of hydrogen-bond donors (Lipinski definition) is 1. The summed E-state index contributed by atoms with van der Waals surface area (Å²) < 4.78 is 5.22. The standard InChI is InChI=1S/C16H19NO.ClH/c1-13(15-8-4-3-5-9-15)17-12-14-7-6-10-16(11-14)18-2;/h3-11,13,17H,12H2,1-2H3;1H. The van der Waals surface area contributed by atoms with Crippen molar-refractivity contribution in [1.82, 2.24) is 5.32 Å². The first-order valence-electron chi connectivity index (χ1n) is 6.21. The number of benzene rings is 2. The lowest BCUT2D eigenvalue weighted by Crippen LogP contribution is -2.17. The fraction of sp³-hybridized carbons (Fsp3) is 0.250. The highest BCUT2D eigenvalue weighted by Gasteiger charge is 2.04. The van der Waals surface area contributed by atoms with Crippen LogP contribution in [0.1, 0.15) is 24.1 Å². The third-order valence-corrected chi connectivity index (χ3v) is 3.05. The molecule has 0 amide bonds. The van der Waals surface area contributed by atoms with Crippen molar-refractivity contribution in [2.24, 2.45) is 0 Å². The maximum Gasteiger partial charge on any atom is 0.119 e. The highest BCUT2D eigenvalue weighted by atomic mass is 35.5. The molecule has 0 fully saturated rings. The van der Waals surface area contributed by atoms with Gasteiger partial charge in [-0.05, 0) is 30.2 Å². The van der Waals surface area contributed by atoms with E-state index >= 15 is 0 Å². The molecule has 1 unspecified atom stereocenters. The molecule has 2 rings (SSSR count). The predicted octanol–water partition coefficient (Wildman–Crippen LogP) is 3.97. The Hall–Kier alpha value is -1.51. The van der Waals surface area contributed by atoms with Crippen LogP contribution >= 0.6 is 12.4 Å². The van der Waals surface area contributed by atoms with Gasteiger partial charge in [0.1, 0.15) is 5.75 Å². The highest BCUT2D eigenvalue weighted by Crippen LogP contribution is 2.15. The molecule has 0 saturated heterocycles. The average molecular weight is 278 g/mol. The van der Waals surface area contributed by atoms with E-state index < -0.39 is 0 Å². The predicted molar refractivity (Wildman–Crippen MR) is 81.9 cm³/mol. The summed E-state index contributed by atoms with van der Waals surface area (Å²) in [5.74, 6) is 0.904. The Morgan fingerprint density at radius 3 is 2.47 bits per heavy atom. The molecule has 0 aromatic heterocycles. The molecule has 2 aromatic rings. The summed E-state index contributed by atoms with van der Waals surface area (Å²) in [6, 6.07) is 18.9. The van der Waals surface area contributed by atoms with E-state index in [1.807, 2.05) is 18.2 Å². The van der Waals surface area contributed by atoms with Gasteiger partial charge >= 0.3 is 0 Å². The third kappa shape index (κ3) is 4.58. The molecule has 0 bridgehead atoms. The molecule has 0 heterocycles. The fourth-order valence-corrected chi connectivity index (χ4v) is 1.91. The minimum Gasteiger partial charge on any atom is -0.497 e. The summed E-state index contributed by atoms with van der Waals surface area (Å²) in [7, 11) is 1.69. The summed E-state index contributed by atoms with van der Waals surface area (Å²) in [5.41, 5.74) is 2.54. The van der Waals surface area contributed by atoms with E-state index in [1.165, 1.54) is 11.1 Å². The first-order valence-corrected chi connectivity index (χ1v) is 6.21. The minimum absolute atomic E-state index is 0. The molecular formula is C16H20ClNO. The van der Waals surface area contributed by atoms with Crippen LogP contribution in [0, 0.1) is 0 Å². The van der Waals surface area contributed by atoms with Gasteiger partial charge < -0.3 is 10.1 Å². The molecule has 102 valence electrons. The largest absolute Gasteiger partial charge is 0.497 e. The maximum atomic E-state index is 5.22. The Balaban J connectivity index is 0.00000180. The second-order valence-electron chi connectivity index (χ2n) is 4.36. The van der Waals surface area contributed by atoms with Gasteiger partial charge in [-0.1, -0.05) is 42.5 Å². The minimum atomic E-state index is 0. The van der Waals surface area contributed by atoms with Crippen LogP contribution in [0.3, 0.4) is 0 Å². The second kappa shape index (κ2) is 7.82. The van der Waals surface area contributed by atoms with E-state index in [-0.39, 0.29) is 12.4 Å². The topological polar surface area (TPSA) is 21.3 Å². The zero-order chi connectivity index (χ0) is 12.8. The molecule has 2 aromatic carbocycles. The van der Waals surface area contributed by atoms with Gasteiger partial charge in [0.2, 0.25) is 0 Å². The van der Waals surface area contributed by atoms with E-state index in [2.05, 4.69) is 48.6 Å². The normalized spacial score (nSPS) is 11.5. The van der Waals surface area contributed by atoms with Gasteiger partial charge in [-0.3, -0.25) is 0 Å². The molecule has 1 N–H and O–H groups in total. The zero-order valence-corrected chi connectivity index (χ0v) is 12.1. The van der Waals surface area contributed by atoms with Crippen molar-refractivity contribution in [3.8, 4) is 5.75 Å². The number of methoxy groups -OCH3 is 1. The molecule has 0 aliphatic heterocycles. The quantitative estimate of drug-likeness (QED) is 0.893. The molecule has 0 aliphatic carbocycles. The van der Waals surface area contributed by atoms with Crippen molar-refractivity contribution in [2.45, 2.75) is 19.5 Å². The van der Waals surface area contributed by atoms with E-state index in [1.54, 1.807) is 7.11 Å². The Morgan fingerprint density at radius 2 is 1.79 bits per heavy atom. The Labute approximate surface area is 121 Å². The molecule has 2 nitrogen and oxygen atoms in total. The van der Waals surface area contributed by atoms with Gasteiger partial charge in [-0.2, -0.15) is 0 Å². The van der Waals surface area contributed by atoms with Crippen LogP contribution in [0.2, 0.25) is 0 Å². The van der Waals surface area contributed by atoms with Crippen molar-refractivity contribution in [3.05, 3.63) is 65.7 Å². The SMILES string of the molecule is COc1cccc(CNC(C)c2ccccc2)c1.Cl. The van der Waals surface area contributed by atoms with Crippen LogP contribution in [0.15, 0.2) is 54.6 Å². The van der Waals surface area contributed by atoms with Gasteiger partial charge in [-0.25, -0.2) is 0 Å². The van der Waals surface area contributed by atoms with Crippen molar-refractivity contribution in [1.29, 1.82) is 0 Å². The summed E-state index contributed by atoms with van der Waals surface area (Å²) in [6.45, 7) is 3.02. The van der Waals surface area contributed by atoms with Crippen molar-refractivity contribution < 1.29 is 4.74 Å². The lowest BCUT2D eigenvalue weighted by Gasteiger charge is -2.14. The van der Waals surface area contributed by atoms with Gasteiger partial charge in [0.15, 0.2) is 0 Å². The van der Waals surface area contributed by atoms with Crippen LogP contribution in [-0.4, -0.2) is 7.11 Å². The third-order valence-electron chi connectivity index (χ3n) is 3.05. The highest BCUT2D eigenvalue weighted by molar-refractivity contribution is 5.85. The van der Waals surface area contributed by atoms with Crippen molar-refractivity contribution in [2.75, 3.05) is 7.11 Å². The van der Waals surface area contributed by atoms with E-state index in [0.717, 1.165) is 12.3 Å². The summed E-state index contributed by atoms with van der Waals surface area (Å²) in [5, 5.41) is 3.51. The number of rotatable bonds is 5. The van der Waals surface area contributed by atoms with Crippen molar-refractivity contribution >= 4 is 12.4 Å². The molecule has 0 aliphatic rings. The second-order valence-corrected chi connectivity index (χ2v) is 4.36. The Kier molecular flexibility index (Phi) is 6.40. The van der Waals surface area contributed by atoms with E-state index in [0.29, 0.717) is 6.04 Å². The molecular weight excluding hydrogens is 258 g/mol. The summed E-state index contributed by atoms with van der Waals surface area (Å²) >= 11 is 0. The van der Waals surface area contributed by atoms with Crippen molar-refractivity contribution in [3.63, 3.8) is 0 Å². The maximum absolute atomic E-state index is 5.22. The van der Waals surface area contributed by atoms with Crippen LogP contribution < -0.4 is 10.1 Å². The molecule has 1 atom stereocenters. The average Bonchev–Trinajstić information content (AvgIpc) is 2.46. The molecule has 0 saturated carbocycles. The van der Waals surface area contributed by atoms with Gasteiger partial charge in [-0.15, -0.1) is 12.4 Å². The first kappa shape index (κ1) is 15.5. The van der Waals surface area contributed by atoms with Crippen LogP contribution in [0.5, 0.6) is 5.75 Å². The molecule has 3 heteroatoms. The number of ether oxygens (including phenoxy) is 1. The monoisotopic (exact) mass is 277 g/mol. The van der Waals surface area contributed by atoms with E-state index in [4.69, 9.17) is 4.74 Å².